The Kier molecular flexibility index (Phi) is 5.79. The van der Waals surface area contributed by atoms with Gasteiger partial charge < -0.3 is 15.4 Å². The molecule has 3 N–H and O–H groups in total. The van der Waals surface area contributed by atoms with Crippen LogP contribution >= 0.6 is 15.9 Å². The summed E-state index contributed by atoms with van der Waals surface area (Å²) < 4.78 is 6.04. The van der Waals surface area contributed by atoms with Crippen LogP contribution in [0.4, 0.5) is 4.79 Å². The molecule has 1 fully saturated rings. The Bertz CT molecular complexity index is 561. The van der Waals surface area contributed by atoms with Gasteiger partial charge in [-0.05, 0) is 53.4 Å². The lowest BCUT2D eigenvalue weighted by Crippen LogP contribution is -2.44. The quantitative estimate of drug-likeness (QED) is 0.717. The summed E-state index contributed by atoms with van der Waals surface area (Å²) in [7, 11) is 1.61. The Labute approximate surface area is 138 Å². The van der Waals surface area contributed by atoms with E-state index in [1.165, 1.54) is 0 Å². The highest BCUT2D eigenvalue weighted by molar-refractivity contribution is 9.10. The van der Waals surface area contributed by atoms with E-state index in [-0.39, 0.29) is 24.5 Å². The van der Waals surface area contributed by atoms with Crippen molar-refractivity contribution in [2.24, 2.45) is 0 Å². The normalized spacial score (nSPS) is 15.0. The average molecular weight is 370 g/mol. The van der Waals surface area contributed by atoms with Crippen LogP contribution in [0.15, 0.2) is 22.7 Å². The van der Waals surface area contributed by atoms with Crippen LogP contribution < -0.4 is 20.7 Å². The summed E-state index contributed by atoms with van der Waals surface area (Å²) in [6.45, 7) is 2.02. The third kappa shape index (κ3) is 4.99. The smallest absolute Gasteiger partial charge is 0.321 e. The standard InChI is InChI=1S/C15H20BrN3O3/c1-9(10-3-6-13(22-2)12(16)7-10)17-8-14(20)19-15(21)18-11-4-5-11/h3,6-7,9,11,17H,4-5,8H2,1-2H3,(H2,18,19,20,21)/t9-/m1/s1. The van der Waals surface area contributed by atoms with E-state index >= 15 is 0 Å². The number of hydrogen-bond donors (Lipinski definition) is 3. The van der Waals surface area contributed by atoms with E-state index in [1.807, 2.05) is 25.1 Å². The number of carbonyl (C=O) groups excluding carboxylic acids is 2. The lowest BCUT2D eigenvalue weighted by atomic mass is 10.1. The molecule has 0 radical (unpaired) electrons. The average Bonchev–Trinajstić information content (AvgIpc) is 3.28. The van der Waals surface area contributed by atoms with Gasteiger partial charge in [0, 0.05) is 12.1 Å². The first kappa shape index (κ1) is 16.8. The second-order valence-electron chi connectivity index (χ2n) is 5.29. The number of hydrogen-bond acceptors (Lipinski definition) is 4. The SMILES string of the molecule is COc1ccc([C@@H](C)NCC(=O)NC(=O)NC2CC2)cc1Br. The maximum Gasteiger partial charge on any atom is 0.321 e. The van der Waals surface area contributed by atoms with Crippen LogP contribution in [0, 0.1) is 0 Å². The first-order chi connectivity index (χ1) is 10.5. The van der Waals surface area contributed by atoms with Gasteiger partial charge in [-0.1, -0.05) is 6.07 Å². The van der Waals surface area contributed by atoms with Crippen molar-refractivity contribution in [2.45, 2.75) is 31.8 Å². The number of halogens is 1. The predicted molar refractivity (Wildman–Crippen MR) is 86.8 cm³/mol. The molecule has 6 nitrogen and oxygen atoms in total. The zero-order chi connectivity index (χ0) is 16.1. The molecule has 1 saturated carbocycles. The number of carbonyl (C=O) groups is 2. The summed E-state index contributed by atoms with van der Waals surface area (Å²) in [6, 6.07) is 5.51. The molecule has 0 bridgehead atoms. The zero-order valence-corrected chi connectivity index (χ0v) is 14.2. The minimum absolute atomic E-state index is 0.0283. The van der Waals surface area contributed by atoms with Crippen LogP contribution in [-0.2, 0) is 4.79 Å². The largest absolute Gasteiger partial charge is 0.496 e. The van der Waals surface area contributed by atoms with Crippen molar-refractivity contribution in [1.82, 2.24) is 16.0 Å². The van der Waals surface area contributed by atoms with Gasteiger partial charge in [-0.2, -0.15) is 0 Å². The molecular formula is C15H20BrN3O3. The van der Waals surface area contributed by atoms with Crippen LogP contribution in [0.5, 0.6) is 5.75 Å². The van der Waals surface area contributed by atoms with Gasteiger partial charge in [-0.3, -0.25) is 10.1 Å². The molecule has 2 rings (SSSR count). The summed E-state index contributed by atoms with van der Waals surface area (Å²) in [5.41, 5.74) is 1.02. The van der Waals surface area contributed by atoms with Crippen LogP contribution in [0.3, 0.4) is 0 Å². The monoisotopic (exact) mass is 369 g/mol. The topological polar surface area (TPSA) is 79.5 Å². The molecule has 3 amide bonds. The minimum Gasteiger partial charge on any atom is -0.496 e. The van der Waals surface area contributed by atoms with Crippen LogP contribution in [0.25, 0.3) is 0 Å². The molecule has 1 aromatic rings. The van der Waals surface area contributed by atoms with E-state index < -0.39 is 6.03 Å². The summed E-state index contributed by atoms with van der Waals surface area (Å²) in [6.07, 6.45) is 1.98. The summed E-state index contributed by atoms with van der Waals surface area (Å²) >= 11 is 3.43. The van der Waals surface area contributed by atoms with Gasteiger partial charge in [0.15, 0.2) is 0 Å². The fraction of sp³-hybridized carbons (Fsp3) is 0.467. The molecule has 0 saturated heterocycles. The van der Waals surface area contributed by atoms with Crippen molar-refractivity contribution >= 4 is 27.9 Å². The van der Waals surface area contributed by atoms with Crippen molar-refractivity contribution in [1.29, 1.82) is 0 Å². The van der Waals surface area contributed by atoms with Gasteiger partial charge in [-0.25, -0.2) is 4.79 Å². The number of ether oxygens (including phenoxy) is 1. The van der Waals surface area contributed by atoms with Crippen molar-refractivity contribution in [3.8, 4) is 5.75 Å². The predicted octanol–water partition coefficient (Wildman–Crippen LogP) is 2.10. The summed E-state index contributed by atoms with van der Waals surface area (Å²) in [4.78, 5) is 23.1. The van der Waals surface area contributed by atoms with Gasteiger partial charge in [0.05, 0.1) is 18.1 Å². The lowest BCUT2D eigenvalue weighted by molar-refractivity contribution is -0.119. The lowest BCUT2D eigenvalue weighted by Gasteiger charge is -2.15. The zero-order valence-electron chi connectivity index (χ0n) is 12.6. The number of urea groups is 1. The maximum atomic E-state index is 11.7. The van der Waals surface area contributed by atoms with Crippen LogP contribution in [0.2, 0.25) is 0 Å². The van der Waals surface area contributed by atoms with E-state index in [4.69, 9.17) is 4.74 Å². The number of amides is 3. The third-order valence-corrected chi connectivity index (χ3v) is 4.03. The van der Waals surface area contributed by atoms with Crippen molar-refractivity contribution < 1.29 is 14.3 Å². The van der Waals surface area contributed by atoms with Gasteiger partial charge in [0.2, 0.25) is 5.91 Å². The molecule has 1 aliphatic carbocycles. The molecule has 0 aromatic heterocycles. The van der Waals surface area contributed by atoms with Crippen molar-refractivity contribution in [3.63, 3.8) is 0 Å². The van der Waals surface area contributed by atoms with Crippen molar-refractivity contribution in [2.75, 3.05) is 13.7 Å². The number of benzene rings is 1. The Hall–Kier alpha value is -1.60. The Morgan fingerprint density at radius 1 is 1.41 bits per heavy atom. The molecular weight excluding hydrogens is 350 g/mol. The number of rotatable bonds is 6. The Morgan fingerprint density at radius 3 is 2.73 bits per heavy atom. The molecule has 120 valence electrons. The Morgan fingerprint density at radius 2 is 2.14 bits per heavy atom. The van der Waals surface area contributed by atoms with Gasteiger partial charge >= 0.3 is 6.03 Å². The molecule has 1 aromatic carbocycles. The number of methoxy groups -OCH3 is 1. The molecule has 0 unspecified atom stereocenters. The number of nitrogens with one attached hydrogen (secondary N) is 3. The highest BCUT2D eigenvalue weighted by Crippen LogP contribution is 2.27. The Balaban J connectivity index is 1.78. The van der Waals surface area contributed by atoms with Gasteiger partial charge in [0.1, 0.15) is 5.75 Å². The van der Waals surface area contributed by atoms with Crippen molar-refractivity contribution in [3.05, 3.63) is 28.2 Å². The molecule has 0 heterocycles. The highest BCUT2D eigenvalue weighted by Gasteiger charge is 2.23. The van der Waals surface area contributed by atoms with E-state index in [9.17, 15) is 9.59 Å². The van der Waals surface area contributed by atoms with E-state index in [0.29, 0.717) is 0 Å². The molecule has 1 atom stereocenters. The van der Waals surface area contributed by atoms with Crippen LogP contribution in [0.1, 0.15) is 31.4 Å². The first-order valence-electron chi connectivity index (χ1n) is 7.16. The first-order valence-corrected chi connectivity index (χ1v) is 7.96. The molecule has 1 aliphatic rings. The van der Waals surface area contributed by atoms with E-state index in [1.54, 1.807) is 7.11 Å². The van der Waals surface area contributed by atoms with Crippen LogP contribution in [-0.4, -0.2) is 31.6 Å². The highest BCUT2D eigenvalue weighted by atomic mass is 79.9. The molecule has 7 heteroatoms. The third-order valence-electron chi connectivity index (χ3n) is 3.41. The van der Waals surface area contributed by atoms with E-state index in [0.717, 1.165) is 28.6 Å². The molecule has 0 spiro atoms. The maximum absolute atomic E-state index is 11.7. The van der Waals surface area contributed by atoms with Gasteiger partial charge in [-0.15, -0.1) is 0 Å². The fourth-order valence-electron chi connectivity index (χ4n) is 1.94. The fourth-order valence-corrected chi connectivity index (χ4v) is 2.49. The number of imide groups is 1. The summed E-state index contributed by atoms with van der Waals surface area (Å²) in [5.74, 6) is 0.406. The molecule has 0 aliphatic heterocycles. The van der Waals surface area contributed by atoms with E-state index in [2.05, 4.69) is 31.9 Å². The minimum atomic E-state index is -0.422. The molecule has 22 heavy (non-hydrogen) atoms. The summed E-state index contributed by atoms with van der Waals surface area (Å²) in [5, 5.41) is 8.10. The second kappa shape index (κ2) is 7.60. The van der Waals surface area contributed by atoms with Gasteiger partial charge in [0.25, 0.3) is 0 Å². The second-order valence-corrected chi connectivity index (χ2v) is 6.15.